The molecule has 0 amide bonds. The van der Waals surface area contributed by atoms with E-state index in [1.165, 1.54) is 0 Å². The van der Waals surface area contributed by atoms with E-state index >= 15 is 0 Å². The summed E-state index contributed by atoms with van der Waals surface area (Å²) in [6.45, 7) is 0.289. The van der Waals surface area contributed by atoms with Gasteiger partial charge in [-0.3, -0.25) is 4.79 Å². The number of halogens is 4. The standard InChI is InChI=1S/C4H6F2O2.C3H4F2O2/c1-3(7)8-2-4(5)6;1-7-3(6)2(4)5/h4H,2H2,1H3;2H,1H3. The van der Waals surface area contributed by atoms with E-state index in [1.54, 1.807) is 0 Å². The third-order valence-corrected chi connectivity index (χ3v) is 0.792. The Morgan fingerprint density at radius 2 is 1.67 bits per heavy atom. The van der Waals surface area contributed by atoms with Gasteiger partial charge in [-0.2, -0.15) is 8.78 Å². The van der Waals surface area contributed by atoms with Gasteiger partial charge in [-0.25, -0.2) is 13.6 Å². The third kappa shape index (κ3) is 15.4. The molecule has 0 aliphatic heterocycles. The smallest absolute Gasteiger partial charge is 0.373 e. The Hall–Kier alpha value is -1.34. The van der Waals surface area contributed by atoms with Crippen molar-refractivity contribution in [1.82, 2.24) is 0 Å². The van der Waals surface area contributed by atoms with E-state index in [9.17, 15) is 27.2 Å². The Morgan fingerprint density at radius 3 is 1.73 bits per heavy atom. The maximum atomic E-state index is 11.1. The molecule has 0 fully saturated rings. The largest absolute Gasteiger partial charge is 0.465 e. The molecule has 0 saturated heterocycles. The third-order valence-electron chi connectivity index (χ3n) is 0.792. The lowest BCUT2D eigenvalue weighted by molar-refractivity contribution is -0.153. The van der Waals surface area contributed by atoms with Crippen LogP contribution in [-0.2, 0) is 19.1 Å². The quantitative estimate of drug-likeness (QED) is 0.544. The fourth-order valence-corrected chi connectivity index (χ4v) is 0.269. The molecule has 15 heavy (non-hydrogen) atoms. The number of alkyl halides is 4. The molecule has 0 unspecified atom stereocenters. The number of carbonyl (C=O) groups is 2. The molecule has 0 N–H and O–H groups in total. The second-order valence-corrected chi connectivity index (χ2v) is 2.02. The minimum absolute atomic E-state index is 0.676. The Balaban J connectivity index is 0. The highest BCUT2D eigenvalue weighted by Crippen LogP contribution is 1.92. The minimum Gasteiger partial charge on any atom is -0.465 e. The number of rotatable bonds is 3. The summed E-state index contributed by atoms with van der Waals surface area (Å²) in [5.74, 6) is -2.16. The zero-order chi connectivity index (χ0) is 12.4. The van der Waals surface area contributed by atoms with Gasteiger partial charge in [0.2, 0.25) is 0 Å². The van der Waals surface area contributed by atoms with Gasteiger partial charge in [-0.15, -0.1) is 0 Å². The van der Waals surface area contributed by atoms with E-state index in [0.29, 0.717) is 0 Å². The first-order valence-electron chi connectivity index (χ1n) is 3.58. The highest BCUT2D eigenvalue weighted by Gasteiger charge is 2.13. The van der Waals surface area contributed by atoms with Crippen molar-refractivity contribution in [2.24, 2.45) is 0 Å². The van der Waals surface area contributed by atoms with E-state index in [4.69, 9.17) is 0 Å². The van der Waals surface area contributed by atoms with Crippen LogP contribution in [0.2, 0.25) is 0 Å². The average Bonchev–Trinajstić information content (AvgIpc) is 2.14. The van der Waals surface area contributed by atoms with E-state index in [1.807, 2.05) is 0 Å². The summed E-state index contributed by atoms with van der Waals surface area (Å²) in [6, 6.07) is 0. The predicted octanol–water partition coefficient (Wildman–Crippen LogP) is 1.24. The fraction of sp³-hybridized carbons (Fsp3) is 0.714. The summed E-state index contributed by atoms with van der Waals surface area (Å²) in [5.41, 5.74) is 0. The second-order valence-electron chi connectivity index (χ2n) is 2.02. The van der Waals surface area contributed by atoms with Crippen molar-refractivity contribution in [2.45, 2.75) is 19.8 Å². The summed E-state index contributed by atoms with van der Waals surface area (Å²) in [6.07, 6.45) is -5.55. The van der Waals surface area contributed by atoms with Crippen LogP contribution < -0.4 is 0 Å². The molecule has 0 aliphatic carbocycles. The molecule has 0 spiro atoms. The molecule has 4 nitrogen and oxygen atoms in total. The van der Waals surface area contributed by atoms with Gasteiger partial charge in [0.05, 0.1) is 7.11 Å². The first-order valence-corrected chi connectivity index (χ1v) is 3.58. The molecule has 0 heterocycles. The second kappa shape index (κ2) is 9.22. The number of methoxy groups -OCH3 is 1. The lowest BCUT2D eigenvalue weighted by Gasteiger charge is -1.96. The molecule has 0 saturated carbocycles. The molecule has 0 aromatic rings. The molecular formula is C7H10F4O4. The molecule has 0 atom stereocenters. The molecule has 8 heteroatoms. The summed E-state index contributed by atoms with van der Waals surface area (Å²) >= 11 is 0. The molecule has 0 aromatic heterocycles. The number of hydrogen-bond acceptors (Lipinski definition) is 4. The molecule has 0 rings (SSSR count). The van der Waals surface area contributed by atoms with E-state index in [2.05, 4.69) is 9.47 Å². The van der Waals surface area contributed by atoms with Crippen LogP contribution in [0.3, 0.4) is 0 Å². The highest BCUT2D eigenvalue weighted by atomic mass is 19.3. The van der Waals surface area contributed by atoms with Gasteiger partial charge in [0.15, 0.2) is 6.61 Å². The van der Waals surface area contributed by atoms with E-state index in [-0.39, 0.29) is 0 Å². The van der Waals surface area contributed by atoms with Crippen LogP contribution in [0.25, 0.3) is 0 Å². The van der Waals surface area contributed by atoms with E-state index in [0.717, 1.165) is 14.0 Å². The highest BCUT2D eigenvalue weighted by molar-refractivity contribution is 5.72. The van der Waals surface area contributed by atoms with Gasteiger partial charge < -0.3 is 9.47 Å². The van der Waals surface area contributed by atoms with Crippen LogP contribution in [0.15, 0.2) is 0 Å². The molecule has 0 aliphatic rings. The first kappa shape index (κ1) is 16.1. The summed E-state index contributed by atoms with van der Waals surface area (Å²) in [7, 11) is 0.911. The van der Waals surface area contributed by atoms with Crippen molar-refractivity contribution in [2.75, 3.05) is 13.7 Å². The Bertz CT molecular complexity index is 195. The van der Waals surface area contributed by atoms with Crippen molar-refractivity contribution >= 4 is 11.9 Å². The summed E-state index contributed by atoms with van der Waals surface area (Å²) < 4.78 is 51.7. The molecule has 90 valence electrons. The van der Waals surface area contributed by atoms with Gasteiger partial charge in [-0.05, 0) is 0 Å². The van der Waals surface area contributed by atoms with Crippen molar-refractivity contribution in [3.05, 3.63) is 0 Å². The van der Waals surface area contributed by atoms with Crippen molar-refractivity contribution in [3.63, 3.8) is 0 Å². The Kier molecular flexibility index (Phi) is 9.90. The van der Waals surface area contributed by atoms with Crippen LogP contribution in [-0.4, -0.2) is 38.5 Å². The van der Waals surface area contributed by atoms with Crippen molar-refractivity contribution in [3.8, 4) is 0 Å². The zero-order valence-electron chi connectivity index (χ0n) is 8.01. The SMILES string of the molecule is CC(=O)OCC(F)F.COC(=O)C(F)F. The Labute approximate surface area is 83.1 Å². The van der Waals surface area contributed by atoms with Gasteiger partial charge in [-0.1, -0.05) is 0 Å². The molecule has 0 aromatic carbocycles. The normalized spacial score (nSPS) is 9.33. The van der Waals surface area contributed by atoms with E-state index < -0.39 is 31.4 Å². The lowest BCUT2D eigenvalue weighted by Crippen LogP contribution is -2.10. The van der Waals surface area contributed by atoms with Gasteiger partial charge in [0.1, 0.15) is 0 Å². The first-order chi connectivity index (χ1) is 6.81. The molecule has 0 radical (unpaired) electrons. The predicted molar refractivity (Wildman–Crippen MR) is 40.7 cm³/mol. The topological polar surface area (TPSA) is 52.6 Å². The van der Waals surface area contributed by atoms with Crippen molar-refractivity contribution < 1.29 is 36.6 Å². The average molecular weight is 234 g/mol. The maximum absolute atomic E-state index is 11.1. The minimum atomic E-state index is -3.00. The monoisotopic (exact) mass is 234 g/mol. The summed E-state index contributed by atoms with van der Waals surface area (Å²) in [5, 5.41) is 0. The lowest BCUT2D eigenvalue weighted by atomic mass is 10.7. The molecule has 0 bridgehead atoms. The Morgan fingerprint density at radius 1 is 1.20 bits per heavy atom. The molecular weight excluding hydrogens is 224 g/mol. The van der Waals surface area contributed by atoms with Gasteiger partial charge in [0.25, 0.3) is 6.43 Å². The van der Waals surface area contributed by atoms with Crippen LogP contribution in [0, 0.1) is 0 Å². The number of esters is 2. The van der Waals surface area contributed by atoms with Crippen LogP contribution >= 0.6 is 0 Å². The zero-order valence-corrected chi connectivity index (χ0v) is 8.01. The number of carbonyl (C=O) groups excluding carboxylic acids is 2. The number of ether oxygens (including phenoxy) is 2. The van der Waals surface area contributed by atoms with Gasteiger partial charge in [0, 0.05) is 6.92 Å². The van der Waals surface area contributed by atoms with Crippen LogP contribution in [0.4, 0.5) is 17.6 Å². The number of hydrogen-bond donors (Lipinski definition) is 0. The summed E-state index contributed by atoms with van der Waals surface area (Å²) in [4.78, 5) is 19.3. The van der Waals surface area contributed by atoms with Crippen LogP contribution in [0.1, 0.15) is 6.92 Å². The fourth-order valence-electron chi connectivity index (χ4n) is 0.269. The van der Waals surface area contributed by atoms with Crippen molar-refractivity contribution in [1.29, 1.82) is 0 Å². The van der Waals surface area contributed by atoms with Crippen LogP contribution in [0.5, 0.6) is 0 Å². The van der Waals surface area contributed by atoms with Gasteiger partial charge >= 0.3 is 18.4 Å². The maximum Gasteiger partial charge on any atom is 0.373 e.